The average molecular weight is 434 g/mol. The van der Waals surface area contributed by atoms with Gasteiger partial charge in [-0.15, -0.1) is 5.10 Å². The summed E-state index contributed by atoms with van der Waals surface area (Å²) in [5.41, 5.74) is -1.80. The second-order valence-corrected chi connectivity index (χ2v) is 6.56. The average Bonchev–Trinajstić information content (AvgIpc) is 3.35. The highest BCUT2D eigenvalue weighted by molar-refractivity contribution is 6.04. The third-order valence-electron chi connectivity index (χ3n) is 4.50. The lowest BCUT2D eigenvalue weighted by Crippen LogP contribution is -2.27. The van der Waals surface area contributed by atoms with Crippen LogP contribution in [0.2, 0.25) is 0 Å². The van der Waals surface area contributed by atoms with Gasteiger partial charge in [0.2, 0.25) is 0 Å². The second kappa shape index (κ2) is 7.70. The van der Waals surface area contributed by atoms with E-state index in [1.54, 1.807) is 12.1 Å². The third-order valence-corrected chi connectivity index (χ3v) is 4.50. The number of carbonyl (C=O) groups excluding carboxylic acids is 2. The number of nitrogens with zero attached hydrogens (tertiary/aromatic N) is 4. The summed E-state index contributed by atoms with van der Waals surface area (Å²) in [6, 6.07) is 9.91. The molecule has 160 valence electrons. The SMILES string of the molecule is O=C(Nc1cccc(N2CCNC2=O)c1)c1nnn(-c2ccc(F)cc2)c1C(F)(F)F. The van der Waals surface area contributed by atoms with Gasteiger partial charge in [0.05, 0.1) is 5.69 Å². The minimum absolute atomic E-state index is 0.109. The molecule has 3 amide bonds. The summed E-state index contributed by atoms with van der Waals surface area (Å²) in [6.07, 6.45) is -4.96. The number of halogens is 4. The van der Waals surface area contributed by atoms with Crippen molar-refractivity contribution in [2.75, 3.05) is 23.3 Å². The van der Waals surface area contributed by atoms with Gasteiger partial charge in [-0.2, -0.15) is 13.2 Å². The van der Waals surface area contributed by atoms with Crippen molar-refractivity contribution in [2.45, 2.75) is 6.18 Å². The first kappa shape index (κ1) is 20.3. The molecule has 1 saturated heterocycles. The Kier molecular flexibility index (Phi) is 5.05. The van der Waals surface area contributed by atoms with E-state index in [1.807, 2.05) is 0 Å². The largest absolute Gasteiger partial charge is 0.435 e. The maximum Gasteiger partial charge on any atom is 0.435 e. The highest BCUT2D eigenvalue weighted by Gasteiger charge is 2.42. The minimum atomic E-state index is -4.96. The number of hydrogen-bond donors (Lipinski definition) is 2. The number of alkyl halides is 3. The molecule has 3 aromatic rings. The van der Waals surface area contributed by atoms with Crippen LogP contribution in [0.5, 0.6) is 0 Å². The molecular weight excluding hydrogens is 420 g/mol. The van der Waals surface area contributed by atoms with Crippen LogP contribution in [0.25, 0.3) is 5.69 Å². The van der Waals surface area contributed by atoms with E-state index in [9.17, 15) is 27.2 Å². The monoisotopic (exact) mass is 434 g/mol. The quantitative estimate of drug-likeness (QED) is 0.617. The number of urea groups is 1. The van der Waals surface area contributed by atoms with Crippen molar-refractivity contribution in [3.05, 3.63) is 65.7 Å². The zero-order valence-corrected chi connectivity index (χ0v) is 15.7. The van der Waals surface area contributed by atoms with Gasteiger partial charge in [-0.3, -0.25) is 9.69 Å². The summed E-state index contributed by atoms with van der Waals surface area (Å²) in [5.74, 6) is -1.77. The lowest BCUT2D eigenvalue weighted by atomic mass is 10.2. The normalized spacial score (nSPS) is 13.9. The maximum atomic E-state index is 13.7. The molecule has 1 aliphatic rings. The Bertz CT molecular complexity index is 1140. The van der Waals surface area contributed by atoms with Crippen LogP contribution < -0.4 is 15.5 Å². The van der Waals surface area contributed by atoms with Gasteiger partial charge in [-0.25, -0.2) is 13.9 Å². The van der Waals surface area contributed by atoms with Gasteiger partial charge < -0.3 is 10.6 Å². The van der Waals surface area contributed by atoms with Gasteiger partial charge in [0.25, 0.3) is 5.91 Å². The molecule has 0 bridgehead atoms. The van der Waals surface area contributed by atoms with Crippen LogP contribution in [0, 0.1) is 5.82 Å². The summed E-state index contributed by atoms with van der Waals surface area (Å²) in [4.78, 5) is 25.8. The summed E-state index contributed by atoms with van der Waals surface area (Å²) in [5, 5.41) is 11.8. The molecule has 31 heavy (non-hydrogen) atoms. The van der Waals surface area contributed by atoms with Crippen LogP contribution in [-0.4, -0.2) is 40.0 Å². The van der Waals surface area contributed by atoms with Gasteiger partial charge in [-0.05, 0) is 42.5 Å². The first-order valence-electron chi connectivity index (χ1n) is 8.99. The molecule has 1 aliphatic heterocycles. The van der Waals surface area contributed by atoms with E-state index in [1.165, 1.54) is 17.0 Å². The van der Waals surface area contributed by atoms with Crippen molar-refractivity contribution in [1.82, 2.24) is 20.3 Å². The van der Waals surface area contributed by atoms with Crippen LogP contribution in [-0.2, 0) is 6.18 Å². The van der Waals surface area contributed by atoms with E-state index < -0.39 is 29.3 Å². The summed E-state index contributed by atoms with van der Waals surface area (Å²) in [6.45, 7) is 0.872. The first-order chi connectivity index (χ1) is 14.7. The lowest BCUT2D eigenvalue weighted by Gasteiger charge is -2.15. The summed E-state index contributed by atoms with van der Waals surface area (Å²) in [7, 11) is 0. The van der Waals surface area contributed by atoms with E-state index in [-0.39, 0.29) is 17.4 Å². The molecule has 12 heteroatoms. The molecule has 4 rings (SSSR count). The molecule has 1 fully saturated rings. The Hall–Kier alpha value is -3.96. The Morgan fingerprint density at radius 1 is 1.10 bits per heavy atom. The molecular formula is C19H14F4N6O2. The van der Waals surface area contributed by atoms with Gasteiger partial charge in [0.15, 0.2) is 11.4 Å². The van der Waals surface area contributed by atoms with Crippen LogP contribution >= 0.6 is 0 Å². The van der Waals surface area contributed by atoms with E-state index in [4.69, 9.17) is 0 Å². The maximum absolute atomic E-state index is 13.7. The van der Waals surface area contributed by atoms with Gasteiger partial charge in [0, 0.05) is 24.5 Å². The third kappa shape index (κ3) is 4.04. The van der Waals surface area contributed by atoms with Crippen molar-refractivity contribution in [1.29, 1.82) is 0 Å². The lowest BCUT2D eigenvalue weighted by molar-refractivity contribution is -0.143. The number of benzene rings is 2. The number of nitrogens with one attached hydrogen (secondary N) is 2. The highest BCUT2D eigenvalue weighted by Crippen LogP contribution is 2.33. The number of carbonyl (C=O) groups is 2. The molecule has 0 atom stereocenters. The van der Waals surface area contributed by atoms with E-state index in [0.717, 1.165) is 24.3 Å². The smallest absolute Gasteiger partial charge is 0.336 e. The van der Waals surface area contributed by atoms with Gasteiger partial charge >= 0.3 is 12.2 Å². The molecule has 2 aromatic carbocycles. The van der Waals surface area contributed by atoms with E-state index in [2.05, 4.69) is 20.9 Å². The van der Waals surface area contributed by atoms with Crippen molar-refractivity contribution in [2.24, 2.45) is 0 Å². The standard InChI is InChI=1S/C19H14F4N6O2/c20-11-4-6-13(7-5-11)29-16(19(21,22)23)15(26-27-29)17(30)25-12-2-1-3-14(10-12)28-9-8-24-18(28)31/h1-7,10H,8-9H2,(H,24,31)(H,25,30). The van der Waals surface area contributed by atoms with Crippen molar-refractivity contribution >= 4 is 23.3 Å². The predicted octanol–water partition coefficient (Wildman–Crippen LogP) is 3.21. The molecule has 0 spiro atoms. The van der Waals surface area contributed by atoms with Gasteiger partial charge in [0.1, 0.15) is 5.82 Å². The molecule has 2 N–H and O–H groups in total. The number of aromatic nitrogens is 3. The van der Waals surface area contributed by atoms with E-state index >= 15 is 0 Å². The van der Waals surface area contributed by atoms with Crippen LogP contribution in [0.15, 0.2) is 48.5 Å². The van der Waals surface area contributed by atoms with Crippen LogP contribution in [0.3, 0.4) is 0 Å². The molecule has 8 nitrogen and oxygen atoms in total. The van der Waals surface area contributed by atoms with Crippen molar-refractivity contribution < 1.29 is 27.2 Å². The Balaban J connectivity index is 1.65. The van der Waals surface area contributed by atoms with Crippen molar-refractivity contribution in [3.8, 4) is 5.69 Å². The number of rotatable bonds is 4. The first-order valence-corrected chi connectivity index (χ1v) is 8.99. The zero-order chi connectivity index (χ0) is 22.2. The van der Waals surface area contributed by atoms with Crippen LogP contribution in [0.4, 0.5) is 33.7 Å². The molecule has 0 saturated carbocycles. The van der Waals surface area contributed by atoms with E-state index in [0.29, 0.717) is 23.5 Å². The minimum Gasteiger partial charge on any atom is -0.336 e. The molecule has 0 radical (unpaired) electrons. The topological polar surface area (TPSA) is 92.2 Å². The second-order valence-electron chi connectivity index (χ2n) is 6.56. The van der Waals surface area contributed by atoms with Gasteiger partial charge in [-0.1, -0.05) is 11.3 Å². The Morgan fingerprint density at radius 3 is 2.48 bits per heavy atom. The molecule has 2 heterocycles. The van der Waals surface area contributed by atoms with Crippen LogP contribution in [0.1, 0.15) is 16.2 Å². The fourth-order valence-electron chi connectivity index (χ4n) is 3.11. The molecule has 0 unspecified atom stereocenters. The number of amides is 3. The number of anilines is 2. The predicted molar refractivity (Wildman–Crippen MR) is 101 cm³/mol. The fourth-order valence-corrected chi connectivity index (χ4v) is 3.11. The Labute approximate surface area is 172 Å². The molecule has 1 aromatic heterocycles. The highest BCUT2D eigenvalue weighted by atomic mass is 19.4. The van der Waals surface area contributed by atoms with Crippen molar-refractivity contribution in [3.63, 3.8) is 0 Å². The zero-order valence-electron chi connectivity index (χ0n) is 15.7. The molecule has 0 aliphatic carbocycles. The summed E-state index contributed by atoms with van der Waals surface area (Å²) < 4.78 is 54.7. The fraction of sp³-hybridized carbons (Fsp3) is 0.158. The summed E-state index contributed by atoms with van der Waals surface area (Å²) >= 11 is 0. The Morgan fingerprint density at radius 2 is 1.84 bits per heavy atom. The number of hydrogen-bond acceptors (Lipinski definition) is 4.